The number of carbonyl (C=O) groups is 2. The summed E-state index contributed by atoms with van der Waals surface area (Å²) in [5.74, 6) is 1.41. The van der Waals surface area contributed by atoms with E-state index in [9.17, 15) is 9.59 Å². The van der Waals surface area contributed by atoms with Gasteiger partial charge in [-0.3, -0.25) is 14.2 Å². The SMILES string of the molecule is C=CCN1C[C@H](C(=O)N2CCC(Cc3nncn3-c3ccccc3)CC2)CC1=O. The van der Waals surface area contributed by atoms with Gasteiger partial charge >= 0.3 is 0 Å². The van der Waals surface area contributed by atoms with E-state index in [2.05, 4.69) is 16.8 Å². The van der Waals surface area contributed by atoms with Crippen molar-refractivity contribution in [2.45, 2.75) is 25.7 Å². The molecule has 0 aliphatic carbocycles. The molecule has 0 bridgehead atoms. The number of hydrogen-bond acceptors (Lipinski definition) is 4. The van der Waals surface area contributed by atoms with Crippen LogP contribution >= 0.6 is 0 Å². The molecule has 7 nitrogen and oxygen atoms in total. The van der Waals surface area contributed by atoms with E-state index in [1.165, 1.54) is 0 Å². The maximum Gasteiger partial charge on any atom is 0.227 e. The summed E-state index contributed by atoms with van der Waals surface area (Å²) in [4.78, 5) is 28.5. The fraction of sp³-hybridized carbons (Fsp3) is 0.455. The Hall–Kier alpha value is -2.96. The molecule has 0 saturated carbocycles. The predicted octanol–water partition coefficient (Wildman–Crippen LogP) is 2.08. The van der Waals surface area contributed by atoms with Crippen LogP contribution < -0.4 is 0 Å². The molecule has 1 aromatic carbocycles. The zero-order chi connectivity index (χ0) is 20.2. The molecule has 2 fully saturated rings. The van der Waals surface area contributed by atoms with Gasteiger partial charge in [-0.1, -0.05) is 24.3 Å². The van der Waals surface area contributed by atoms with E-state index in [4.69, 9.17) is 0 Å². The Balaban J connectivity index is 1.32. The smallest absolute Gasteiger partial charge is 0.227 e. The largest absolute Gasteiger partial charge is 0.342 e. The predicted molar refractivity (Wildman–Crippen MR) is 109 cm³/mol. The van der Waals surface area contributed by atoms with Gasteiger partial charge in [-0.15, -0.1) is 16.8 Å². The minimum absolute atomic E-state index is 0.0541. The Morgan fingerprint density at radius 3 is 2.69 bits per heavy atom. The zero-order valence-corrected chi connectivity index (χ0v) is 16.6. The highest BCUT2D eigenvalue weighted by Gasteiger charge is 2.37. The van der Waals surface area contributed by atoms with E-state index in [1.54, 1.807) is 17.3 Å². The fourth-order valence-electron chi connectivity index (χ4n) is 4.35. The third-order valence-electron chi connectivity index (χ3n) is 5.96. The molecule has 7 heteroatoms. The van der Waals surface area contributed by atoms with Crippen molar-refractivity contribution in [2.75, 3.05) is 26.2 Å². The monoisotopic (exact) mass is 393 g/mol. The van der Waals surface area contributed by atoms with E-state index in [1.807, 2.05) is 39.8 Å². The van der Waals surface area contributed by atoms with Crippen LogP contribution in [0, 0.1) is 11.8 Å². The Bertz CT molecular complexity index is 870. The van der Waals surface area contributed by atoms with Crippen molar-refractivity contribution >= 4 is 11.8 Å². The highest BCUT2D eigenvalue weighted by molar-refractivity contribution is 5.89. The first-order valence-corrected chi connectivity index (χ1v) is 10.3. The molecule has 0 N–H and O–H groups in total. The van der Waals surface area contributed by atoms with Crippen LogP contribution in [0.1, 0.15) is 25.1 Å². The maximum absolute atomic E-state index is 12.9. The van der Waals surface area contributed by atoms with Crippen molar-refractivity contribution in [1.29, 1.82) is 0 Å². The zero-order valence-electron chi connectivity index (χ0n) is 16.6. The van der Waals surface area contributed by atoms with Gasteiger partial charge in [0, 0.05) is 44.7 Å². The van der Waals surface area contributed by atoms with Gasteiger partial charge in [0.05, 0.1) is 5.92 Å². The number of para-hydroxylation sites is 1. The van der Waals surface area contributed by atoms with Crippen LogP contribution in [0.5, 0.6) is 0 Å². The van der Waals surface area contributed by atoms with Crippen molar-refractivity contribution in [3.8, 4) is 5.69 Å². The lowest BCUT2D eigenvalue weighted by atomic mass is 9.92. The lowest BCUT2D eigenvalue weighted by Crippen LogP contribution is -2.42. The number of nitrogens with zero attached hydrogens (tertiary/aromatic N) is 5. The first kappa shape index (κ1) is 19.4. The number of aromatic nitrogens is 3. The Morgan fingerprint density at radius 1 is 1.21 bits per heavy atom. The second kappa shape index (κ2) is 8.59. The lowest BCUT2D eigenvalue weighted by Gasteiger charge is -2.33. The molecular weight excluding hydrogens is 366 g/mol. The standard InChI is InChI=1S/C22H27N5O2/c1-2-10-26-15-18(14-21(26)28)22(29)25-11-8-17(9-12-25)13-20-24-23-16-27(20)19-6-4-3-5-7-19/h2-7,16-18H,1,8-15H2/t18-/m1/s1. The van der Waals surface area contributed by atoms with Gasteiger partial charge in [0.1, 0.15) is 12.2 Å². The Kier molecular flexibility index (Phi) is 5.74. The quantitative estimate of drug-likeness (QED) is 0.705. The summed E-state index contributed by atoms with van der Waals surface area (Å²) in [5, 5.41) is 8.41. The molecule has 4 rings (SSSR count). The van der Waals surface area contributed by atoms with E-state index in [0.717, 1.165) is 43.9 Å². The fourth-order valence-corrected chi connectivity index (χ4v) is 4.35. The molecule has 152 valence electrons. The molecule has 2 aromatic rings. The van der Waals surface area contributed by atoms with E-state index < -0.39 is 0 Å². The molecule has 29 heavy (non-hydrogen) atoms. The Labute approximate surface area is 171 Å². The molecule has 3 heterocycles. The third kappa shape index (κ3) is 4.23. The summed E-state index contributed by atoms with van der Waals surface area (Å²) < 4.78 is 2.04. The average molecular weight is 393 g/mol. The van der Waals surface area contributed by atoms with Crippen LogP contribution in [0.3, 0.4) is 0 Å². The number of likely N-dealkylation sites (tertiary alicyclic amines) is 2. The summed E-state index contributed by atoms with van der Waals surface area (Å²) in [5.41, 5.74) is 1.06. The molecule has 2 aliphatic rings. The summed E-state index contributed by atoms with van der Waals surface area (Å²) in [6.07, 6.45) is 6.55. The highest BCUT2D eigenvalue weighted by Crippen LogP contribution is 2.26. The van der Waals surface area contributed by atoms with Crippen LogP contribution in [0.2, 0.25) is 0 Å². The summed E-state index contributed by atoms with van der Waals surface area (Å²) in [7, 11) is 0. The maximum atomic E-state index is 12.9. The molecule has 2 saturated heterocycles. The summed E-state index contributed by atoms with van der Waals surface area (Å²) in [6, 6.07) is 10.1. The average Bonchev–Trinajstić information content (AvgIpc) is 3.36. The summed E-state index contributed by atoms with van der Waals surface area (Å²) >= 11 is 0. The van der Waals surface area contributed by atoms with E-state index in [-0.39, 0.29) is 17.7 Å². The van der Waals surface area contributed by atoms with Gasteiger partial charge in [-0.2, -0.15) is 0 Å². The number of carbonyl (C=O) groups excluding carboxylic acids is 2. The van der Waals surface area contributed by atoms with Crippen molar-refractivity contribution in [3.05, 3.63) is 55.1 Å². The van der Waals surface area contributed by atoms with Gasteiger partial charge in [0.2, 0.25) is 11.8 Å². The second-order valence-electron chi connectivity index (χ2n) is 7.91. The Morgan fingerprint density at radius 2 is 1.97 bits per heavy atom. The van der Waals surface area contributed by atoms with Gasteiger partial charge < -0.3 is 9.80 Å². The molecule has 0 unspecified atom stereocenters. The first-order chi connectivity index (χ1) is 14.2. The van der Waals surface area contributed by atoms with Crippen molar-refractivity contribution in [3.63, 3.8) is 0 Å². The van der Waals surface area contributed by atoms with Crippen molar-refractivity contribution in [2.24, 2.45) is 11.8 Å². The molecule has 2 amide bonds. The number of benzene rings is 1. The van der Waals surface area contributed by atoms with Crippen molar-refractivity contribution < 1.29 is 9.59 Å². The molecule has 1 aromatic heterocycles. The minimum atomic E-state index is -0.208. The number of piperidine rings is 1. The van der Waals surface area contributed by atoms with Crippen LogP contribution in [-0.2, 0) is 16.0 Å². The van der Waals surface area contributed by atoms with Gasteiger partial charge in [0.15, 0.2) is 0 Å². The highest BCUT2D eigenvalue weighted by atomic mass is 16.2. The van der Waals surface area contributed by atoms with Crippen molar-refractivity contribution in [1.82, 2.24) is 24.6 Å². The van der Waals surface area contributed by atoms with Gasteiger partial charge in [-0.05, 0) is 30.9 Å². The van der Waals surface area contributed by atoms with Gasteiger partial charge in [0.25, 0.3) is 0 Å². The summed E-state index contributed by atoms with van der Waals surface area (Å²) in [6.45, 7) is 6.21. The number of rotatable bonds is 6. The normalized spacial score (nSPS) is 20.3. The molecule has 0 radical (unpaired) electrons. The number of hydrogen-bond donors (Lipinski definition) is 0. The molecule has 0 spiro atoms. The van der Waals surface area contributed by atoms with E-state index >= 15 is 0 Å². The molecule has 1 atom stereocenters. The topological polar surface area (TPSA) is 71.3 Å². The third-order valence-corrected chi connectivity index (χ3v) is 5.96. The molecular formula is C22H27N5O2. The molecule has 2 aliphatic heterocycles. The lowest BCUT2D eigenvalue weighted by molar-refractivity contribution is -0.137. The first-order valence-electron chi connectivity index (χ1n) is 10.3. The number of amides is 2. The van der Waals surface area contributed by atoms with Crippen LogP contribution in [0.15, 0.2) is 49.3 Å². The minimum Gasteiger partial charge on any atom is -0.342 e. The van der Waals surface area contributed by atoms with Crippen LogP contribution in [0.4, 0.5) is 0 Å². The van der Waals surface area contributed by atoms with E-state index in [0.29, 0.717) is 25.4 Å². The van der Waals surface area contributed by atoms with Crippen LogP contribution in [-0.4, -0.2) is 62.6 Å². The van der Waals surface area contributed by atoms with Gasteiger partial charge in [-0.25, -0.2) is 0 Å². The van der Waals surface area contributed by atoms with Crippen LogP contribution in [0.25, 0.3) is 5.69 Å². The second-order valence-corrected chi connectivity index (χ2v) is 7.91.